The van der Waals surface area contributed by atoms with Crippen molar-refractivity contribution in [2.24, 2.45) is 0 Å². The molecule has 0 bridgehead atoms. The van der Waals surface area contributed by atoms with Gasteiger partial charge in [-0.05, 0) is 47.9 Å². The van der Waals surface area contributed by atoms with E-state index in [1.165, 1.54) is 36.7 Å². The van der Waals surface area contributed by atoms with Crippen molar-refractivity contribution in [3.05, 3.63) is 39.9 Å². The molecule has 1 N–H and O–H groups in total. The fourth-order valence-corrected chi connectivity index (χ4v) is 4.63. The maximum Gasteiger partial charge on any atom is 0.279 e. The Labute approximate surface area is 203 Å². The zero-order chi connectivity index (χ0) is 24.6. The van der Waals surface area contributed by atoms with E-state index in [1.807, 2.05) is 6.92 Å². The molecule has 0 aliphatic heterocycles. The third kappa shape index (κ3) is 4.50. The summed E-state index contributed by atoms with van der Waals surface area (Å²) in [5.74, 6) is 1.07. The fourth-order valence-electron chi connectivity index (χ4n) is 3.97. The fraction of sp³-hybridized carbons (Fsp3) is 0.417. The molecular formula is C24H29N5O4S. The lowest BCUT2D eigenvalue weighted by Crippen LogP contribution is -2.18. The summed E-state index contributed by atoms with van der Waals surface area (Å²) in [7, 11) is 6.53. The normalized spacial score (nSPS) is 13.9. The molecule has 1 aliphatic carbocycles. The van der Waals surface area contributed by atoms with Crippen LogP contribution in [0.1, 0.15) is 47.4 Å². The lowest BCUT2D eigenvalue weighted by Gasteiger charge is -2.20. The van der Waals surface area contributed by atoms with Crippen LogP contribution in [0.4, 0.5) is 11.6 Å². The third-order valence-electron chi connectivity index (χ3n) is 5.92. The summed E-state index contributed by atoms with van der Waals surface area (Å²) in [6, 6.07) is 4.30. The van der Waals surface area contributed by atoms with Crippen molar-refractivity contribution in [2.75, 3.05) is 38.5 Å². The van der Waals surface area contributed by atoms with Gasteiger partial charge in [0.15, 0.2) is 5.69 Å². The SMILES string of the molecule is COc1nc(N(C)C)nc(OC)c1NC(=O)c1csc(Oc2cc3c(cc2C)CCC3(C)C)n1. The van der Waals surface area contributed by atoms with Crippen LogP contribution in [0.25, 0.3) is 0 Å². The highest BCUT2D eigenvalue weighted by Gasteiger charge is 2.31. The first kappa shape index (κ1) is 23.7. The van der Waals surface area contributed by atoms with Crippen LogP contribution in [-0.2, 0) is 11.8 Å². The largest absolute Gasteiger partial charge is 0.479 e. The first-order valence-electron chi connectivity index (χ1n) is 10.9. The minimum atomic E-state index is -0.448. The molecule has 0 saturated carbocycles. The number of carbonyl (C=O) groups is 1. The van der Waals surface area contributed by atoms with Gasteiger partial charge in [-0.3, -0.25) is 4.79 Å². The summed E-state index contributed by atoms with van der Waals surface area (Å²) in [6.07, 6.45) is 2.20. The second-order valence-electron chi connectivity index (χ2n) is 9.03. The lowest BCUT2D eigenvalue weighted by atomic mass is 9.86. The highest BCUT2D eigenvalue weighted by atomic mass is 32.1. The van der Waals surface area contributed by atoms with Gasteiger partial charge < -0.3 is 24.4 Å². The van der Waals surface area contributed by atoms with Gasteiger partial charge in [0.1, 0.15) is 11.4 Å². The molecule has 4 rings (SSSR count). The summed E-state index contributed by atoms with van der Waals surface area (Å²) >= 11 is 1.26. The molecule has 0 atom stereocenters. The van der Waals surface area contributed by atoms with Crippen LogP contribution in [0.2, 0.25) is 0 Å². The number of hydrogen-bond acceptors (Lipinski definition) is 9. The Morgan fingerprint density at radius 1 is 1.12 bits per heavy atom. The summed E-state index contributed by atoms with van der Waals surface area (Å²) in [6.45, 7) is 6.53. The summed E-state index contributed by atoms with van der Waals surface area (Å²) in [5, 5.41) is 4.79. The molecule has 1 aliphatic rings. The second-order valence-corrected chi connectivity index (χ2v) is 9.85. The van der Waals surface area contributed by atoms with E-state index in [0.717, 1.165) is 24.2 Å². The quantitative estimate of drug-likeness (QED) is 0.521. The smallest absolute Gasteiger partial charge is 0.279 e. The van der Waals surface area contributed by atoms with E-state index in [4.69, 9.17) is 14.2 Å². The van der Waals surface area contributed by atoms with E-state index in [9.17, 15) is 4.79 Å². The van der Waals surface area contributed by atoms with Crippen LogP contribution in [0.3, 0.4) is 0 Å². The Hall–Kier alpha value is -3.40. The molecule has 0 radical (unpaired) electrons. The van der Waals surface area contributed by atoms with Crippen LogP contribution >= 0.6 is 11.3 Å². The van der Waals surface area contributed by atoms with Crippen LogP contribution in [0.5, 0.6) is 22.7 Å². The molecule has 0 fully saturated rings. The molecular weight excluding hydrogens is 454 g/mol. The molecule has 180 valence electrons. The van der Waals surface area contributed by atoms with Gasteiger partial charge in [0.2, 0.25) is 17.7 Å². The molecule has 9 nitrogen and oxygen atoms in total. The summed E-state index contributed by atoms with van der Waals surface area (Å²) in [5.41, 5.74) is 4.29. The molecule has 1 amide bonds. The van der Waals surface area contributed by atoms with E-state index in [0.29, 0.717) is 11.1 Å². The Balaban J connectivity index is 1.55. The first-order chi connectivity index (χ1) is 16.1. The molecule has 1 aromatic carbocycles. The van der Waals surface area contributed by atoms with Gasteiger partial charge in [-0.1, -0.05) is 31.3 Å². The number of carbonyl (C=O) groups excluding carboxylic acids is 1. The molecule has 3 aromatic rings. The number of rotatable bonds is 7. The summed E-state index contributed by atoms with van der Waals surface area (Å²) in [4.78, 5) is 27.7. The number of nitrogens with zero attached hydrogens (tertiary/aromatic N) is 4. The number of methoxy groups -OCH3 is 2. The molecule has 2 aromatic heterocycles. The number of aryl methyl sites for hydroxylation is 2. The van der Waals surface area contributed by atoms with Gasteiger partial charge in [-0.2, -0.15) is 15.0 Å². The van der Waals surface area contributed by atoms with E-state index >= 15 is 0 Å². The van der Waals surface area contributed by atoms with Crippen molar-refractivity contribution in [1.82, 2.24) is 15.0 Å². The van der Waals surface area contributed by atoms with Gasteiger partial charge in [0.25, 0.3) is 11.1 Å². The molecule has 10 heteroatoms. The Morgan fingerprint density at radius 3 is 2.41 bits per heavy atom. The highest BCUT2D eigenvalue weighted by molar-refractivity contribution is 7.11. The topological polar surface area (TPSA) is 98.7 Å². The van der Waals surface area contributed by atoms with E-state index < -0.39 is 5.91 Å². The van der Waals surface area contributed by atoms with Crippen LogP contribution < -0.4 is 24.4 Å². The standard InChI is InChI=1S/C24H29N5O4S/c1-13-10-14-8-9-24(2,3)15(14)11-17(13)33-23-25-16(12-34-23)19(30)26-18-20(31-6)27-22(29(4)5)28-21(18)32-7/h10-12H,8-9H2,1-7H3,(H,26,30). The summed E-state index contributed by atoms with van der Waals surface area (Å²) < 4.78 is 16.8. The van der Waals surface area contributed by atoms with Gasteiger partial charge in [-0.25, -0.2) is 0 Å². The van der Waals surface area contributed by atoms with E-state index in [-0.39, 0.29) is 28.6 Å². The Kier molecular flexibility index (Phi) is 6.35. The van der Waals surface area contributed by atoms with Gasteiger partial charge >= 0.3 is 0 Å². The van der Waals surface area contributed by atoms with E-state index in [2.05, 4.69) is 46.2 Å². The minimum absolute atomic E-state index is 0.122. The van der Waals surface area contributed by atoms with Crippen molar-refractivity contribution in [2.45, 2.75) is 39.0 Å². The zero-order valence-electron chi connectivity index (χ0n) is 20.5. The predicted molar refractivity (Wildman–Crippen MR) is 132 cm³/mol. The number of nitrogens with one attached hydrogen (secondary N) is 1. The van der Waals surface area contributed by atoms with Gasteiger partial charge in [0.05, 0.1) is 14.2 Å². The number of thiazole rings is 1. The number of aromatic nitrogens is 3. The lowest BCUT2D eigenvalue weighted by molar-refractivity contribution is 0.102. The number of ether oxygens (including phenoxy) is 3. The first-order valence-corrected chi connectivity index (χ1v) is 11.8. The Morgan fingerprint density at radius 2 is 1.79 bits per heavy atom. The zero-order valence-corrected chi connectivity index (χ0v) is 21.3. The average Bonchev–Trinajstić information content (AvgIpc) is 3.38. The third-order valence-corrected chi connectivity index (χ3v) is 6.64. The van der Waals surface area contributed by atoms with Crippen molar-refractivity contribution < 1.29 is 19.0 Å². The van der Waals surface area contributed by atoms with Crippen LogP contribution in [0, 0.1) is 6.92 Å². The maximum absolute atomic E-state index is 12.9. The van der Waals surface area contributed by atoms with Crippen LogP contribution in [-0.4, -0.2) is 49.2 Å². The van der Waals surface area contributed by atoms with Crippen molar-refractivity contribution in [1.29, 1.82) is 0 Å². The highest BCUT2D eigenvalue weighted by Crippen LogP contribution is 2.42. The van der Waals surface area contributed by atoms with Crippen molar-refractivity contribution in [3.8, 4) is 22.7 Å². The monoisotopic (exact) mass is 483 g/mol. The maximum atomic E-state index is 12.9. The Bertz CT molecular complexity index is 1210. The molecule has 2 heterocycles. The molecule has 0 saturated heterocycles. The number of benzene rings is 1. The number of hydrogen-bond donors (Lipinski definition) is 1. The van der Waals surface area contributed by atoms with Crippen molar-refractivity contribution in [3.63, 3.8) is 0 Å². The number of fused-ring (bicyclic) bond motifs is 1. The van der Waals surface area contributed by atoms with Crippen molar-refractivity contribution >= 4 is 28.9 Å². The predicted octanol–water partition coefficient (Wildman–Crippen LogP) is 4.59. The van der Waals surface area contributed by atoms with Gasteiger partial charge in [0, 0.05) is 19.5 Å². The average molecular weight is 484 g/mol. The second kappa shape index (κ2) is 9.09. The number of anilines is 2. The van der Waals surface area contributed by atoms with Crippen LogP contribution in [0.15, 0.2) is 17.5 Å². The molecule has 0 spiro atoms. The molecule has 0 unspecified atom stereocenters. The number of amides is 1. The molecule has 34 heavy (non-hydrogen) atoms. The van der Waals surface area contributed by atoms with E-state index in [1.54, 1.807) is 24.4 Å². The van der Waals surface area contributed by atoms with Gasteiger partial charge in [-0.15, -0.1) is 0 Å². The minimum Gasteiger partial charge on any atom is -0.479 e.